The van der Waals surface area contributed by atoms with Crippen molar-refractivity contribution in [2.45, 2.75) is 43.8 Å². The monoisotopic (exact) mass is 528 g/mol. The first-order chi connectivity index (χ1) is 16.9. The third-order valence-electron chi connectivity index (χ3n) is 6.79. The summed E-state index contributed by atoms with van der Waals surface area (Å²) in [6.45, 7) is 0.135. The minimum absolute atomic E-state index is 0.135. The van der Waals surface area contributed by atoms with Crippen molar-refractivity contribution in [1.82, 2.24) is 20.5 Å². The number of rotatable bonds is 10. The second-order valence-electron chi connectivity index (χ2n) is 9.29. The third-order valence-corrected chi connectivity index (χ3v) is 7.14. The summed E-state index contributed by atoms with van der Waals surface area (Å²) in [4.78, 5) is 30.3. The summed E-state index contributed by atoms with van der Waals surface area (Å²) >= 11 is 6.36. The average molecular weight is 529 g/mol. The molecular weight excluding hydrogens is 500 g/mol. The zero-order valence-electron chi connectivity index (χ0n) is 20.3. The summed E-state index contributed by atoms with van der Waals surface area (Å²) in [6, 6.07) is 7.05. The van der Waals surface area contributed by atoms with Crippen molar-refractivity contribution in [1.29, 1.82) is 0 Å². The number of amides is 2. The molecule has 2 aromatic rings. The first kappa shape index (κ1) is 27.9. The van der Waals surface area contributed by atoms with E-state index in [1.54, 1.807) is 32.3 Å². The maximum atomic E-state index is 14.4. The Morgan fingerprint density at radius 1 is 1.22 bits per heavy atom. The van der Waals surface area contributed by atoms with Crippen LogP contribution in [0, 0.1) is 11.2 Å². The number of nitrogens with zero attached hydrogens (tertiary/aromatic N) is 2. The normalized spacial score (nSPS) is 16.4. The number of nitrogens with one attached hydrogen (secondary N) is 2. The van der Waals surface area contributed by atoms with Crippen LogP contribution in [-0.4, -0.2) is 61.6 Å². The largest absolute Gasteiger partial charge is 0.395 e. The summed E-state index contributed by atoms with van der Waals surface area (Å²) < 4.78 is 56.1. The van der Waals surface area contributed by atoms with Crippen LogP contribution in [0.2, 0.25) is 5.02 Å². The van der Waals surface area contributed by atoms with E-state index in [-0.39, 0.29) is 37.0 Å². The fraction of sp³-hybridized carbons (Fsp3) is 0.480. The molecule has 0 saturated heterocycles. The van der Waals surface area contributed by atoms with Crippen LogP contribution in [0.25, 0.3) is 0 Å². The highest BCUT2D eigenvalue weighted by Crippen LogP contribution is 2.66. The van der Waals surface area contributed by atoms with E-state index in [2.05, 4.69) is 15.6 Å². The molecule has 196 valence electrons. The Labute approximate surface area is 212 Å². The molecule has 0 spiro atoms. The maximum Gasteiger partial charge on any atom is 0.395 e. The molecule has 0 bridgehead atoms. The summed E-state index contributed by atoms with van der Waals surface area (Å²) in [5.74, 6) is -3.16. The fourth-order valence-electron chi connectivity index (χ4n) is 4.35. The molecular formula is C25H29ClF4N4O2. The Balaban J connectivity index is 1.72. The lowest BCUT2D eigenvalue weighted by Gasteiger charge is -2.29. The smallest absolute Gasteiger partial charge is 0.355 e. The molecule has 1 saturated carbocycles. The lowest BCUT2D eigenvalue weighted by molar-refractivity contribution is -0.195. The van der Waals surface area contributed by atoms with Gasteiger partial charge in [-0.1, -0.05) is 17.7 Å². The van der Waals surface area contributed by atoms with Gasteiger partial charge in [-0.2, -0.15) is 13.2 Å². The molecule has 1 heterocycles. The predicted molar refractivity (Wildman–Crippen MR) is 128 cm³/mol. The van der Waals surface area contributed by atoms with E-state index in [4.69, 9.17) is 11.6 Å². The number of benzene rings is 1. The van der Waals surface area contributed by atoms with Gasteiger partial charge in [-0.25, -0.2) is 4.39 Å². The van der Waals surface area contributed by atoms with Gasteiger partial charge in [0.1, 0.15) is 5.82 Å². The molecule has 1 aromatic carbocycles. The fourth-order valence-corrected chi connectivity index (χ4v) is 4.61. The molecule has 2 atom stereocenters. The summed E-state index contributed by atoms with van der Waals surface area (Å²) in [5.41, 5.74) is -1.33. The van der Waals surface area contributed by atoms with Gasteiger partial charge in [-0.05, 0) is 63.2 Å². The highest BCUT2D eigenvalue weighted by atomic mass is 35.5. The van der Waals surface area contributed by atoms with Crippen molar-refractivity contribution in [2.75, 3.05) is 27.7 Å². The van der Waals surface area contributed by atoms with Crippen LogP contribution in [0.4, 0.5) is 17.6 Å². The quantitative estimate of drug-likeness (QED) is 0.450. The molecule has 2 N–H and O–H groups in total. The highest BCUT2D eigenvalue weighted by molar-refractivity contribution is 6.31. The van der Waals surface area contributed by atoms with Crippen LogP contribution in [-0.2, 0) is 11.2 Å². The van der Waals surface area contributed by atoms with Gasteiger partial charge in [0.2, 0.25) is 5.91 Å². The number of likely N-dealkylation sites (N-methyl/N-ethyl adjacent to an activating group) is 1. The van der Waals surface area contributed by atoms with Gasteiger partial charge < -0.3 is 15.5 Å². The Bertz CT molecular complexity index is 1110. The number of halogens is 5. The lowest BCUT2D eigenvalue weighted by Crippen LogP contribution is -2.43. The summed E-state index contributed by atoms with van der Waals surface area (Å²) in [5, 5.41) is 5.62. The van der Waals surface area contributed by atoms with Crippen molar-refractivity contribution < 1.29 is 27.2 Å². The number of hydrogen-bond acceptors (Lipinski definition) is 4. The van der Waals surface area contributed by atoms with E-state index in [0.717, 1.165) is 11.6 Å². The number of pyridine rings is 1. The standard InChI is InChI=1S/C25H29ClF4N4O2/c1-31-23(36)16-7-6-15(19(26)12-16)11-17(34(2)3)14-33-21(35)13-18(22-20(27)5-4-10-32-22)24(8-9-24)25(28,29)30/h4-7,10,12,17-18H,8-9,11,13-14H2,1-3H3,(H,31,36)(H,33,35)/t17-,18?/m0/s1. The van der Waals surface area contributed by atoms with Crippen molar-refractivity contribution in [3.05, 3.63) is 64.2 Å². The van der Waals surface area contributed by atoms with Crippen LogP contribution in [0.1, 0.15) is 46.8 Å². The second kappa shape index (κ2) is 11.1. The highest BCUT2D eigenvalue weighted by Gasteiger charge is 2.68. The van der Waals surface area contributed by atoms with Crippen LogP contribution in [0.5, 0.6) is 0 Å². The van der Waals surface area contributed by atoms with Gasteiger partial charge in [-0.3, -0.25) is 14.6 Å². The molecule has 1 aromatic heterocycles. The van der Waals surface area contributed by atoms with E-state index in [9.17, 15) is 27.2 Å². The predicted octanol–water partition coefficient (Wildman–Crippen LogP) is 4.34. The Morgan fingerprint density at radius 3 is 2.44 bits per heavy atom. The minimum Gasteiger partial charge on any atom is -0.355 e. The van der Waals surface area contributed by atoms with Crippen molar-refractivity contribution in [2.24, 2.45) is 5.41 Å². The van der Waals surface area contributed by atoms with Gasteiger partial charge >= 0.3 is 6.18 Å². The Morgan fingerprint density at radius 2 is 1.92 bits per heavy atom. The first-order valence-electron chi connectivity index (χ1n) is 11.5. The van der Waals surface area contributed by atoms with Crippen LogP contribution >= 0.6 is 11.6 Å². The molecule has 0 aliphatic heterocycles. The number of alkyl halides is 3. The van der Waals surface area contributed by atoms with E-state index in [1.807, 2.05) is 4.90 Å². The number of aromatic nitrogens is 1. The molecule has 1 fully saturated rings. The molecule has 1 aliphatic carbocycles. The molecule has 6 nitrogen and oxygen atoms in total. The zero-order valence-corrected chi connectivity index (χ0v) is 21.0. The molecule has 36 heavy (non-hydrogen) atoms. The average Bonchev–Trinajstić information content (AvgIpc) is 3.63. The van der Waals surface area contributed by atoms with Gasteiger partial charge in [0.25, 0.3) is 5.91 Å². The summed E-state index contributed by atoms with van der Waals surface area (Å²) in [6.07, 6.45) is -3.80. The maximum absolute atomic E-state index is 14.4. The van der Waals surface area contributed by atoms with Gasteiger partial charge in [0, 0.05) is 48.8 Å². The molecule has 2 amide bonds. The number of hydrogen-bond donors (Lipinski definition) is 2. The second-order valence-corrected chi connectivity index (χ2v) is 9.70. The van der Waals surface area contributed by atoms with Gasteiger partial charge in [0.15, 0.2) is 0 Å². The first-order valence-corrected chi connectivity index (χ1v) is 11.9. The Hall–Kier alpha value is -2.72. The minimum atomic E-state index is -4.58. The third kappa shape index (κ3) is 6.15. The van der Waals surface area contributed by atoms with Crippen molar-refractivity contribution >= 4 is 23.4 Å². The topological polar surface area (TPSA) is 74.3 Å². The van der Waals surface area contributed by atoms with Crippen LogP contribution in [0.3, 0.4) is 0 Å². The molecule has 1 unspecified atom stereocenters. The van der Waals surface area contributed by atoms with E-state index < -0.39 is 35.7 Å². The van der Waals surface area contributed by atoms with Crippen molar-refractivity contribution in [3.8, 4) is 0 Å². The molecule has 0 radical (unpaired) electrons. The van der Waals surface area contributed by atoms with Gasteiger partial charge in [-0.15, -0.1) is 0 Å². The molecule has 11 heteroatoms. The van der Waals surface area contributed by atoms with Crippen molar-refractivity contribution in [3.63, 3.8) is 0 Å². The van der Waals surface area contributed by atoms with Gasteiger partial charge in [0.05, 0.1) is 11.1 Å². The Kier molecular flexibility index (Phi) is 8.61. The number of carbonyl (C=O) groups excluding carboxylic acids is 2. The zero-order chi connectivity index (χ0) is 26.7. The van der Waals surface area contributed by atoms with E-state index in [0.29, 0.717) is 17.0 Å². The summed E-state index contributed by atoms with van der Waals surface area (Å²) in [7, 11) is 5.12. The SMILES string of the molecule is CNC(=O)c1ccc(C[C@@H](CNC(=O)CC(c2ncccc2F)C2(C(F)(F)F)CC2)N(C)C)c(Cl)c1. The van der Waals surface area contributed by atoms with Crippen LogP contribution < -0.4 is 10.6 Å². The van der Waals surface area contributed by atoms with Crippen LogP contribution in [0.15, 0.2) is 36.5 Å². The lowest BCUT2D eigenvalue weighted by atomic mass is 9.82. The number of carbonyl (C=O) groups is 2. The molecule has 1 aliphatic rings. The molecule has 3 rings (SSSR count). The van der Waals surface area contributed by atoms with E-state index in [1.165, 1.54) is 19.3 Å². The van der Waals surface area contributed by atoms with E-state index >= 15 is 0 Å².